The number of carbonyl (C=O) groups excluding carboxylic acids is 1. The lowest BCUT2D eigenvalue weighted by atomic mass is 9.85. The molecule has 1 fully saturated rings. The predicted molar refractivity (Wildman–Crippen MR) is 71.0 cm³/mol. The summed E-state index contributed by atoms with van der Waals surface area (Å²) in [6.07, 6.45) is 5.15. The molecule has 114 valence electrons. The van der Waals surface area contributed by atoms with Gasteiger partial charge in [-0.25, -0.2) is 4.79 Å². The number of hydrogen-bond donors (Lipinski definition) is 4. The second-order valence-electron chi connectivity index (χ2n) is 5.34. The van der Waals surface area contributed by atoms with Crippen molar-refractivity contribution in [1.29, 1.82) is 0 Å². The van der Waals surface area contributed by atoms with E-state index in [9.17, 15) is 14.4 Å². The summed E-state index contributed by atoms with van der Waals surface area (Å²) in [4.78, 5) is 33.3. The van der Waals surface area contributed by atoms with Gasteiger partial charge in [-0.1, -0.05) is 32.1 Å². The molecule has 2 unspecified atom stereocenters. The van der Waals surface area contributed by atoms with E-state index in [4.69, 9.17) is 15.9 Å². The van der Waals surface area contributed by atoms with E-state index >= 15 is 0 Å². The van der Waals surface area contributed by atoms with Crippen LogP contribution in [0.2, 0.25) is 0 Å². The van der Waals surface area contributed by atoms with E-state index in [0.717, 1.165) is 25.7 Å². The Hall–Kier alpha value is -1.63. The molecule has 1 aliphatic carbocycles. The summed E-state index contributed by atoms with van der Waals surface area (Å²) in [5.41, 5.74) is 5.41. The lowest BCUT2D eigenvalue weighted by Gasteiger charge is -2.25. The molecular formula is C13H22N2O5. The highest BCUT2D eigenvalue weighted by Gasteiger charge is 2.27. The molecule has 1 amide bonds. The minimum Gasteiger partial charge on any atom is -0.481 e. The fourth-order valence-electron chi connectivity index (χ4n) is 2.54. The van der Waals surface area contributed by atoms with Crippen molar-refractivity contribution in [1.82, 2.24) is 5.32 Å². The number of carbonyl (C=O) groups is 3. The minimum absolute atomic E-state index is 0.292. The van der Waals surface area contributed by atoms with E-state index in [-0.39, 0.29) is 0 Å². The van der Waals surface area contributed by atoms with Crippen molar-refractivity contribution in [2.75, 3.05) is 0 Å². The molecule has 1 saturated carbocycles. The van der Waals surface area contributed by atoms with Crippen LogP contribution in [0.5, 0.6) is 0 Å². The Morgan fingerprint density at radius 3 is 2.25 bits per heavy atom. The zero-order valence-corrected chi connectivity index (χ0v) is 11.4. The second kappa shape index (κ2) is 7.84. The van der Waals surface area contributed by atoms with Crippen LogP contribution in [0.25, 0.3) is 0 Å². The number of hydrogen-bond acceptors (Lipinski definition) is 4. The number of amides is 1. The predicted octanol–water partition coefficient (Wildman–Crippen LogP) is 0.328. The molecule has 0 heterocycles. The SMILES string of the molecule is NC(CC(=O)O)C(=O)NC(CC1CCCCC1)C(=O)O. The number of carboxylic acids is 2. The van der Waals surface area contributed by atoms with E-state index in [0.29, 0.717) is 12.3 Å². The molecule has 2 atom stereocenters. The lowest BCUT2D eigenvalue weighted by Crippen LogP contribution is -2.49. The first-order chi connectivity index (χ1) is 9.40. The van der Waals surface area contributed by atoms with Gasteiger partial charge >= 0.3 is 11.9 Å². The van der Waals surface area contributed by atoms with E-state index < -0.39 is 36.4 Å². The number of nitrogens with two attached hydrogens (primary N) is 1. The minimum atomic E-state index is -1.22. The maximum Gasteiger partial charge on any atom is 0.326 e. The Balaban J connectivity index is 2.51. The van der Waals surface area contributed by atoms with E-state index in [2.05, 4.69) is 5.32 Å². The Labute approximate surface area is 117 Å². The molecule has 7 nitrogen and oxygen atoms in total. The molecule has 0 aromatic rings. The molecular weight excluding hydrogens is 264 g/mol. The van der Waals surface area contributed by atoms with Gasteiger partial charge in [0.25, 0.3) is 0 Å². The first-order valence-corrected chi connectivity index (χ1v) is 6.90. The molecule has 0 aliphatic heterocycles. The molecule has 20 heavy (non-hydrogen) atoms. The van der Waals surface area contributed by atoms with Gasteiger partial charge in [-0.05, 0) is 12.3 Å². The Morgan fingerprint density at radius 2 is 1.75 bits per heavy atom. The number of carboxylic acid groups (broad SMARTS) is 2. The normalized spacial score (nSPS) is 19.1. The average Bonchev–Trinajstić information content (AvgIpc) is 2.38. The molecule has 5 N–H and O–H groups in total. The average molecular weight is 286 g/mol. The van der Waals surface area contributed by atoms with Gasteiger partial charge in [0.2, 0.25) is 5.91 Å². The van der Waals surface area contributed by atoms with Gasteiger partial charge in [-0.15, -0.1) is 0 Å². The Kier molecular flexibility index (Phi) is 6.44. The standard InChI is InChI=1S/C13H22N2O5/c14-9(7-11(16)17)12(18)15-10(13(19)20)6-8-4-2-1-3-5-8/h8-10H,1-7,14H2,(H,15,18)(H,16,17)(H,19,20). The molecule has 7 heteroatoms. The monoisotopic (exact) mass is 286 g/mol. The van der Waals surface area contributed by atoms with E-state index in [1.807, 2.05) is 0 Å². The van der Waals surface area contributed by atoms with Gasteiger partial charge in [0, 0.05) is 0 Å². The summed E-state index contributed by atoms with van der Waals surface area (Å²) in [5, 5.41) is 20.0. The van der Waals surface area contributed by atoms with Crippen LogP contribution < -0.4 is 11.1 Å². The van der Waals surface area contributed by atoms with Crippen molar-refractivity contribution >= 4 is 17.8 Å². The van der Waals surface area contributed by atoms with Crippen molar-refractivity contribution in [2.24, 2.45) is 11.7 Å². The van der Waals surface area contributed by atoms with Crippen LogP contribution in [0.4, 0.5) is 0 Å². The first kappa shape index (κ1) is 16.4. The van der Waals surface area contributed by atoms with Gasteiger partial charge in [0.1, 0.15) is 6.04 Å². The quantitative estimate of drug-likeness (QED) is 0.533. The Bertz CT molecular complexity index is 366. The van der Waals surface area contributed by atoms with Gasteiger partial charge in [-0.3, -0.25) is 9.59 Å². The van der Waals surface area contributed by atoms with Crippen molar-refractivity contribution in [2.45, 2.75) is 57.0 Å². The maximum atomic E-state index is 11.7. The van der Waals surface area contributed by atoms with Crippen molar-refractivity contribution < 1.29 is 24.6 Å². The zero-order valence-electron chi connectivity index (χ0n) is 11.4. The zero-order chi connectivity index (χ0) is 15.1. The van der Waals surface area contributed by atoms with Gasteiger partial charge in [-0.2, -0.15) is 0 Å². The van der Waals surface area contributed by atoms with Crippen LogP contribution in [0.3, 0.4) is 0 Å². The summed E-state index contributed by atoms with van der Waals surface area (Å²) in [6, 6.07) is -2.22. The number of rotatable bonds is 7. The van der Waals surface area contributed by atoms with Gasteiger partial charge in [0.05, 0.1) is 12.5 Å². The molecule has 0 saturated heterocycles. The van der Waals surface area contributed by atoms with Crippen LogP contribution in [-0.2, 0) is 14.4 Å². The maximum absolute atomic E-state index is 11.7. The van der Waals surface area contributed by atoms with Crippen molar-refractivity contribution in [3.05, 3.63) is 0 Å². The number of aliphatic carboxylic acids is 2. The molecule has 0 bridgehead atoms. The van der Waals surface area contributed by atoms with E-state index in [1.165, 1.54) is 6.42 Å². The highest BCUT2D eigenvalue weighted by atomic mass is 16.4. The van der Waals surface area contributed by atoms with Crippen LogP contribution in [0.1, 0.15) is 44.9 Å². The third-order valence-corrected chi connectivity index (χ3v) is 3.64. The largest absolute Gasteiger partial charge is 0.481 e. The van der Waals surface area contributed by atoms with Crippen LogP contribution >= 0.6 is 0 Å². The summed E-state index contributed by atoms with van der Waals surface area (Å²) >= 11 is 0. The third kappa shape index (κ3) is 5.56. The van der Waals surface area contributed by atoms with Crippen molar-refractivity contribution in [3.63, 3.8) is 0 Å². The smallest absolute Gasteiger partial charge is 0.326 e. The first-order valence-electron chi connectivity index (χ1n) is 6.90. The third-order valence-electron chi connectivity index (χ3n) is 3.64. The molecule has 0 aromatic heterocycles. The summed E-state index contributed by atoms with van der Waals surface area (Å²) in [5.74, 6) is -2.73. The van der Waals surface area contributed by atoms with Crippen LogP contribution in [0, 0.1) is 5.92 Å². The lowest BCUT2D eigenvalue weighted by molar-refractivity contribution is -0.143. The fraction of sp³-hybridized carbons (Fsp3) is 0.769. The van der Waals surface area contributed by atoms with Gasteiger partial charge in [0.15, 0.2) is 0 Å². The molecule has 1 rings (SSSR count). The molecule has 1 aliphatic rings. The van der Waals surface area contributed by atoms with Crippen LogP contribution in [0.15, 0.2) is 0 Å². The van der Waals surface area contributed by atoms with E-state index in [1.54, 1.807) is 0 Å². The molecule has 0 radical (unpaired) electrons. The van der Waals surface area contributed by atoms with Crippen molar-refractivity contribution in [3.8, 4) is 0 Å². The summed E-state index contributed by atoms with van der Waals surface area (Å²) in [6.45, 7) is 0. The van der Waals surface area contributed by atoms with Crippen LogP contribution in [-0.4, -0.2) is 40.1 Å². The summed E-state index contributed by atoms with van der Waals surface area (Å²) < 4.78 is 0. The highest BCUT2D eigenvalue weighted by Crippen LogP contribution is 2.27. The molecule has 0 aromatic carbocycles. The number of nitrogens with one attached hydrogen (secondary N) is 1. The second-order valence-corrected chi connectivity index (χ2v) is 5.34. The summed E-state index contributed by atoms with van der Waals surface area (Å²) in [7, 11) is 0. The van der Waals surface area contributed by atoms with Gasteiger partial charge < -0.3 is 21.3 Å². The highest BCUT2D eigenvalue weighted by molar-refractivity contribution is 5.89. The molecule has 0 spiro atoms. The fourth-order valence-corrected chi connectivity index (χ4v) is 2.54. The Morgan fingerprint density at radius 1 is 1.15 bits per heavy atom. The topological polar surface area (TPSA) is 130 Å².